The third-order valence-electron chi connectivity index (χ3n) is 4.28. The minimum Gasteiger partial charge on any atom is -0.491 e. The highest BCUT2D eigenvalue weighted by atomic mass is 16.5. The molecule has 0 heterocycles. The quantitative estimate of drug-likeness (QED) is 0.713. The standard InChI is InChI=1S/C17H26O/c1-4-14(3)18-17-11-9-16(10-12-17)15-7-5-13(2)6-8-15/h9-15H,4-8H2,1-3H3. The predicted octanol–water partition coefficient (Wildman–Crippen LogP) is 5.16. The van der Waals surface area contributed by atoms with Gasteiger partial charge in [0, 0.05) is 0 Å². The Morgan fingerprint density at radius 2 is 1.72 bits per heavy atom. The first-order valence-electron chi connectivity index (χ1n) is 7.45. The molecule has 1 aliphatic carbocycles. The van der Waals surface area contributed by atoms with Crippen LogP contribution in [0, 0.1) is 5.92 Å². The second-order valence-corrected chi connectivity index (χ2v) is 5.86. The van der Waals surface area contributed by atoms with Crippen LogP contribution in [0.3, 0.4) is 0 Å². The van der Waals surface area contributed by atoms with Crippen molar-refractivity contribution in [2.75, 3.05) is 0 Å². The zero-order valence-electron chi connectivity index (χ0n) is 12.0. The lowest BCUT2D eigenvalue weighted by Crippen LogP contribution is -2.11. The van der Waals surface area contributed by atoms with Crippen LogP contribution in [-0.2, 0) is 0 Å². The Kier molecular flexibility index (Phi) is 4.68. The van der Waals surface area contributed by atoms with Crippen molar-refractivity contribution in [2.45, 2.75) is 64.9 Å². The van der Waals surface area contributed by atoms with E-state index in [1.165, 1.54) is 31.2 Å². The molecule has 1 aromatic rings. The molecule has 2 rings (SSSR count). The molecule has 1 fully saturated rings. The van der Waals surface area contributed by atoms with Crippen LogP contribution in [0.15, 0.2) is 24.3 Å². The highest BCUT2D eigenvalue weighted by Gasteiger charge is 2.19. The maximum Gasteiger partial charge on any atom is 0.119 e. The zero-order chi connectivity index (χ0) is 13.0. The molecule has 0 saturated heterocycles. The molecule has 1 unspecified atom stereocenters. The van der Waals surface area contributed by atoms with Gasteiger partial charge in [0.2, 0.25) is 0 Å². The minimum absolute atomic E-state index is 0.311. The minimum atomic E-state index is 0.311. The second-order valence-electron chi connectivity index (χ2n) is 5.86. The summed E-state index contributed by atoms with van der Waals surface area (Å²) in [4.78, 5) is 0. The molecule has 0 amide bonds. The Morgan fingerprint density at radius 1 is 1.11 bits per heavy atom. The monoisotopic (exact) mass is 246 g/mol. The number of benzene rings is 1. The molecule has 1 saturated carbocycles. The smallest absolute Gasteiger partial charge is 0.119 e. The predicted molar refractivity (Wildman–Crippen MR) is 77.2 cm³/mol. The molecule has 1 aromatic carbocycles. The van der Waals surface area contributed by atoms with Gasteiger partial charge in [-0.2, -0.15) is 0 Å². The molecule has 0 N–H and O–H groups in total. The van der Waals surface area contributed by atoms with Crippen LogP contribution < -0.4 is 4.74 Å². The van der Waals surface area contributed by atoms with E-state index >= 15 is 0 Å². The molecule has 18 heavy (non-hydrogen) atoms. The first kappa shape index (κ1) is 13.5. The average Bonchev–Trinajstić information content (AvgIpc) is 2.40. The summed E-state index contributed by atoms with van der Waals surface area (Å²) < 4.78 is 5.82. The van der Waals surface area contributed by atoms with Gasteiger partial charge < -0.3 is 4.74 Å². The van der Waals surface area contributed by atoms with Gasteiger partial charge in [-0.15, -0.1) is 0 Å². The number of hydrogen-bond acceptors (Lipinski definition) is 1. The summed E-state index contributed by atoms with van der Waals surface area (Å²) in [6.07, 6.45) is 6.85. The van der Waals surface area contributed by atoms with Gasteiger partial charge in [0.1, 0.15) is 5.75 Å². The van der Waals surface area contributed by atoms with Crippen molar-refractivity contribution in [3.63, 3.8) is 0 Å². The van der Waals surface area contributed by atoms with Crippen molar-refractivity contribution in [1.82, 2.24) is 0 Å². The molecular weight excluding hydrogens is 220 g/mol. The maximum atomic E-state index is 5.82. The van der Waals surface area contributed by atoms with Crippen molar-refractivity contribution < 1.29 is 4.74 Å². The van der Waals surface area contributed by atoms with E-state index in [1.807, 2.05) is 0 Å². The van der Waals surface area contributed by atoms with E-state index in [0.717, 1.165) is 24.0 Å². The second kappa shape index (κ2) is 6.26. The molecule has 0 aromatic heterocycles. The van der Waals surface area contributed by atoms with Gasteiger partial charge in [0.05, 0.1) is 6.10 Å². The fourth-order valence-corrected chi connectivity index (χ4v) is 2.73. The lowest BCUT2D eigenvalue weighted by atomic mass is 9.79. The average molecular weight is 246 g/mol. The van der Waals surface area contributed by atoms with E-state index in [0.29, 0.717) is 6.10 Å². The summed E-state index contributed by atoms with van der Waals surface area (Å²) in [7, 11) is 0. The van der Waals surface area contributed by atoms with Gasteiger partial charge in [0.15, 0.2) is 0 Å². The van der Waals surface area contributed by atoms with E-state index < -0.39 is 0 Å². The third kappa shape index (κ3) is 3.51. The van der Waals surface area contributed by atoms with Crippen molar-refractivity contribution in [3.05, 3.63) is 29.8 Å². The Hall–Kier alpha value is -0.980. The van der Waals surface area contributed by atoms with E-state index in [1.54, 1.807) is 0 Å². The van der Waals surface area contributed by atoms with Crippen LogP contribution in [0.5, 0.6) is 5.75 Å². The lowest BCUT2D eigenvalue weighted by molar-refractivity contribution is 0.217. The van der Waals surface area contributed by atoms with E-state index in [4.69, 9.17) is 4.74 Å². The summed E-state index contributed by atoms with van der Waals surface area (Å²) in [5.41, 5.74) is 1.50. The Balaban J connectivity index is 1.95. The highest BCUT2D eigenvalue weighted by molar-refractivity contribution is 5.29. The molecule has 0 bridgehead atoms. The highest BCUT2D eigenvalue weighted by Crippen LogP contribution is 2.35. The number of hydrogen-bond donors (Lipinski definition) is 0. The number of rotatable bonds is 4. The van der Waals surface area contributed by atoms with E-state index in [2.05, 4.69) is 45.0 Å². The first-order chi connectivity index (χ1) is 8.69. The van der Waals surface area contributed by atoms with Gasteiger partial charge in [-0.05, 0) is 55.7 Å². The fourth-order valence-electron chi connectivity index (χ4n) is 2.73. The summed E-state index contributed by atoms with van der Waals surface area (Å²) >= 11 is 0. The summed E-state index contributed by atoms with van der Waals surface area (Å²) in [6.45, 7) is 6.65. The molecule has 1 atom stereocenters. The van der Waals surface area contributed by atoms with Gasteiger partial charge in [0.25, 0.3) is 0 Å². The molecule has 0 radical (unpaired) electrons. The molecule has 0 spiro atoms. The van der Waals surface area contributed by atoms with E-state index in [9.17, 15) is 0 Å². The van der Waals surface area contributed by atoms with Crippen molar-refractivity contribution >= 4 is 0 Å². The lowest BCUT2D eigenvalue weighted by Gasteiger charge is -2.26. The molecule has 100 valence electrons. The van der Waals surface area contributed by atoms with Crippen LogP contribution in [-0.4, -0.2) is 6.10 Å². The van der Waals surface area contributed by atoms with Gasteiger partial charge in [-0.3, -0.25) is 0 Å². The van der Waals surface area contributed by atoms with Crippen molar-refractivity contribution in [1.29, 1.82) is 0 Å². The van der Waals surface area contributed by atoms with Gasteiger partial charge >= 0.3 is 0 Å². The van der Waals surface area contributed by atoms with Crippen LogP contribution in [0.2, 0.25) is 0 Å². The van der Waals surface area contributed by atoms with Gasteiger partial charge in [-0.1, -0.05) is 38.8 Å². The fraction of sp³-hybridized carbons (Fsp3) is 0.647. The number of ether oxygens (including phenoxy) is 1. The maximum absolute atomic E-state index is 5.82. The Labute approximate surface area is 112 Å². The van der Waals surface area contributed by atoms with Crippen LogP contribution in [0.1, 0.15) is 64.4 Å². The summed E-state index contributed by atoms with van der Waals surface area (Å²) in [6, 6.07) is 8.80. The van der Waals surface area contributed by atoms with Crippen molar-refractivity contribution in [3.8, 4) is 5.75 Å². The Morgan fingerprint density at radius 3 is 2.28 bits per heavy atom. The van der Waals surface area contributed by atoms with Crippen LogP contribution >= 0.6 is 0 Å². The normalized spacial score (nSPS) is 25.7. The van der Waals surface area contributed by atoms with Crippen LogP contribution in [0.25, 0.3) is 0 Å². The molecular formula is C17H26O. The van der Waals surface area contributed by atoms with Crippen molar-refractivity contribution in [2.24, 2.45) is 5.92 Å². The zero-order valence-corrected chi connectivity index (χ0v) is 12.0. The first-order valence-corrected chi connectivity index (χ1v) is 7.45. The van der Waals surface area contributed by atoms with Gasteiger partial charge in [-0.25, -0.2) is 0 Å². The topological polar surface area (TPSA) is 9.23 Å². The summed E-state index contributed by atoms with van der Waals surface area (Å²) in [5, 5.41) is 0. The molecule has 1 nitrogen and oxygen atoms in total. The van der Waals surface area contributed by atoms with E-state index in [-0.39, 0.29) is 0 Å². The molecule has 1 heteroatoms. The molecule has 1 aliphatic rings. The summed E-state index contributed by atoms with van der Waals surface area (Å²) in [5.74, 6) is 2.71. The Bertz CT molecular complexity index is 346. The molecule has 0 aliphatic heterocycles. The largest absolute Gasteiger partial charge is 0.491 e. The third-order valence-corrected chi connectivity index (χ3v) is 4.28. The van der Waals surface area contributed by atoms with Crippen LogP contribution in [0.4, 0.5) is 0 Å². The SMILES string of the molecule is CCC(C)Oc1ccc(C2CCC(C)CC2)cc1.